The number of benzene rings is 1. The van der Waals surface area contributed by atoms with Crippen molar-refractivity contribution >= 4 is 5.91 Å². The van der Waals surface area contributed by atoms with Crippen LogP contribution in [-0.2, 0) is 0 Å². The molecule has 1 rings (SSSR count). The maximum absolute atomic E-state index is 13.1. The summed E-state index contributed by atoms with van der Waals surface area (Å²) in [5.41, 5.74) is 6.47. The van der Waals surface area contributed by atoms with Crippen LogP contribution in [0.15, 0.2) is 18.2 Å². The average Bonchev–Trinajstić information content (AvgIpc) is 2.27. The fourth-order valence-corrected chi connectivity index (χ4v) is 1.66. The average molecular weight is 252 g/mol. The molecular weight excluding hydrogens is 231 g/mol. The summed E-state index contributed by atoms with van der Waals surface area (Å²) in [5.74, 6) is -0.527. The quantitative estimate of drug-likeness (QED) is 0.866. The molecule has 100 valence electrons. The number of hydrogen-bond donors (Lipinski definition) is 2. The number of carbonyl (C=O) groups excluding carboxylic acids is 1. The normalized spacial score (nSPS) is 13.2. The predicted molar refractivity (Wildman–Crippen MR) is 70.9 cm³/mol. The van der Waals surface area contributed by atoms with Crippen molar-refractivity contribution in [3.05, 3.63) is 35.1 Å². The number of nitrogens with one attached hydrogen (secondary N) is 1. The lowest BCUT2D eigenvalue weighted by molar-refractivity contribution is 0.0905. The Morgan fingerprint density at radius 1 is 1.44 bits per heavy atom. The monoisotopic (exact) mass is 252 g/mol. The van der Waals surface area contributed by atoms with Crippen molar-refractivity contribution in [3.63, 3.8) is 0 Å². The molecule has 0 saturated carbocycles. The van der Waals surface area contributed by atoms with Crippen LogP contribution < -0.4 is 11.1 Å². The molecule has 1 aromatic carbocycles. The lowest BCUT2D eigenvalue weighted by Crippen LogP contribution is -2.48. The summed E-state index contributed by atoms with van der Waals surface area (Å²) in [7, 11) is 0. The van der Waals surface area contributed by atoms with E-state index in [0.29, 0.717) is 17.7 Å². The molecule has 0 heterocycles. The molecular formula is C14H21FN2O. The smallest absolute Gasteiger partial charge is 0.251 e. The van der Waals surface area contributed by atoms with Gasteiger partial charge in [-0.1, -0.05) is 20.8 Å². The standard InChI is InChI=1S/C14H21FN2O/c1-9-7-10(5-6-11(9)15)13(18)17-12(8-16)14(2,3)4/h5-7,12H,8,16H2,1-4H3,(H,17,18). The highest BCUT2D eigenvalue weighted by Crippen LogP contribution is 2.19. The summed E-state index contributed by atoms with van der Waals surface area (Å²) < 4.78 is 13.1. The maximum atomic E-state index is 13.1. The number of nitrogens with two attached hydrogens (primary N) is 1. The molecule has 0 fully saturated rings. The fraction of sp³-hybridized carbons (Fsp3) is 0.500. The van der Waals surface area contributed by atoms with E-state index in [1.807, 2.05) is 20.8 Å². The van der Waals surface area contributed by atoms with Crippen molar-refractivity contribution in [2.75, 3.05) is 6.54 Å². The minimum atomic E-state index is -0.308. The zero-order chi connectivity index (χ0) is 13.9. The van der Waals surface area contributed by atoms with Crippen LogP contribution in [0.4, 0.5) is 4.39 Å². The highest BCUT2D eigenvalue weighted by Gasteiger charge is 2.25. The van der Waals surface area contributed by atoms with Crippen LogP contribution in [0.1, 0.15) is 36.7 Å². The van der Waals surface area contributed by atoms with Crippen LogP contribution >= 0.6 is 0 Å². The third-order valence-electron chi connectivity index (χ3n) is 3.01. The van der Waals surface area contributed by atoms with E-state index >= 15 is 0 Å². The van der Waals surface area contributed by atoms with Crippen LogP contribution in [0.2, 0.25) is 0 Å². The van der Waals surface area contributed by atoms with Crippen LogP contribution in [0.25, 0.3) is 0 Å². The van der Waals surface area contributed by atoms with Crippen molar-refractivity contribution in [1.29, 1.82) is 0 Å². The van der Waals surface area contributed by atoms with Crippen molar-refractivity contribution in [2.24, 2.45) is 11.1 Å². The molecule has 0 aromatic heterocycles. The van der Waals surface area contributed by atoms with Gasteiger partial charge < -0.3 is 11.1 Å². The number of halogens is 1. The van der Waals surface area contributed by atoms with Crippen molar-refractivity contribution in [2.45, 2.75) is 33.7 Å². The minimum Gasteiger partial charge on any atom is -0.348 e. The van der Waals surface area contributed by atoms with E-state index in [9.17, 15) is 9.18 Å². The SMILES string of the molecule is Cc1cc(C(=O)NC(CN)C(C)(C)C)ccc1F. The molecule has 3 nitrogen and oxygen atoms in total. The summed E-state index contributed by atoms with van der Waals surface area (Å²) in [4.78, 5) is 12.0. The lowest BCUT2D eigenvalue weighted by Gasteiger charge is -2.30. The van der Waals surface area contributed by atoms with E-state index in [0.717, 1.165) is 0 Å². The predicted octanol–water partition coefficient (Wildman–Crippen LogP) is 2.24. The molecule has 0 bridgehead atoms. The third kappa shape index (κ3) is 3.53. The molecule has 0 aliphatic rings. The van der Waals surface area contributed by atoms with Gasteiger partial charge in [-0.25, -0.2) is 4.39 Å². The molecule has 1 aromatic rings. The highest BCUT2D eigenvalue weighted by molar-refractivity contribution is 5.94. The lowest BCUT2D eigenvalue weighted by atomic mass is 9.86. The Morgan fingerprint density at radius 3 is 2.50 bits per heavy atom. The van der Waals surface area contributed by atoms with Crippen molar-refractivity contribution in [3.8, 4) is 0 Å². The molecule has 0 aliphatic carbocycles. The number of aryl methyl sites for hydroxylation is 1. The van der Waals surface area contributed by atoms with Crippen LogP contribution in [-0.4, -0.2) is 18.5 Å². The van der Waals surface area contributed by atoms with Gasteiger partial charge in [0.15, 0.2) is 0 Å². The largest absolute Gasteiger partial charge is 0.348 e. The molecule has 0 aliphatic heterocycles. The van der Waals surface area contributed by atoms with Gasteiger partial charge >= 0.3 is 0 Å². The van der Waals surface area contributed by atoms with Gasteiger partial charge in [-0.3, -0.25) is 4.79 Å². The Kier molecular flexibility index (Phi) is 4.46. The van der Waals surface area contributed by atoms with Gasteiger partial charge in [0.1, 0.15) is 5.82 Å². The highest BCUT2D eigenvalue weighted by atomic mass is 19.1. The second kappa shape index (κ2) is 5.48. The van der Waals surface area contributed by atoms with Crippen molar-refractivity contribution in [1.82, 2.24) is 5.32 Å². The van der Waals surface area contributed by atoms with Crippen molar-refractivity contribution < 1.29 is 9.18 Å². The summed E-state index contributed by atoms with van der Waals surface area (Å²) in [5, 5.41) is 2.88. The number of rotatable bonds is 3. The second-order valence-electron chi connectivity index (χ2n) is 5.59. The maximum Gasteiger partial charge on any atom is 0.251 e. The third-order valence-corrected chi connectivity index (χ3v) is 3.01. The van der Waals surface area contributed by atoms with Crippen LogP contribution in [0, 0.1) is 18.2 Å². The van der Waals surface area contributed by atoms with E-state index in [1.165, 1.54) is 12.1 Å². The van der Waals surface area contributed by atoms with Gasteiger partial charge in [0.05, 0.1) is 0 Å². The van der Waals surface area contributed by atoms with E-state index < -0.39 is 0 Å². The van der Waals surface area contributed by atoms with Crippen LogP contribution in [0.3, 0.4) is 0 Å². The molecule has 1 amide bonds. The molecule has 18 heavy (non-hydrogen) atoms. The first kappa shape index (κ1) is 14.6. The minimum absolute atomic E-state index is 0.112. The van der Waals surface area contributed by atoms with Gasteiger partial charge in [0.2, 0.25) is 0 Å². The Bertz CT molecular complexity index is 438. The Labute approximate surface area is 108 Å². The first-order valence-corrected chi connectivity index (χ1v) is 6.02. The van der Waals surface area contributed by atoms with Gasteiger partial charge in [-0.05, 0) is 36.1 Å². The molecule has 0 radical (unpaired) electrons. The summed E-state index contributed by atoms with van der Waals surface area (Å²) >= 11 is 0. The van der Waals surface area contributed by atoms with Gasteiger partial charge in [0, 0.05) is 18.2 Å². The van der Waals surface area contributed by atoms with Gasteiger partial charge in [-0.15, -0.1) is 0 Å². The Morgan fingerprint density at radius 2 is 2.06 bits per heavy atom. The fourth-order valence-electron chi connectivity index (χ4n) is 1.66. The zero-order valence-electron chi connectivity index (χ0n) is 11.4. The zero-order valence-corrected chi connectivity index (χ0v) is 11.4. The van der Waals surface area contributed by atoms with E-state index in [2.05, 4.69) is 5.32 Å². The topological polar surface area (TPSA) is 55.1 Å². The number of carbonyl (C=O) groups is 1. The molecule has 1 unspecified atom stereocenters. The summed E-state index contributed by atoms with van der Waals surface area (Å²) in [6.45, 7) is 8.05. The van der Waals surface area contributed by atoms with E-state index in [1.54, 1.807) is 13.0 Å². The van der Waals surface area contributed by atoms with Gasteiger partial charge in [0.25, 0.3) is 5.91 Å². The first-order chi connectivity index (χ1) is 8.25. The molecule has 0 spiro atoms. The number of hydrogen-bond acceptors (Lipinski definition) is 2. The summed E-state index contributed by atoms with van der Waals surface area (Å²) in [6, 6.07) is 4.21. The number of amides is 1. The molecule has 3 N–H and O–H groups in total. The molecule has 1 atom stereocenters. The molecule has 0 saturated heterocycles. The summed E-state index contributed by atoms with van der Waals surface area (Å²) in [6.07, 6.45) is 0. The van der Waals surface area contributed by atoms with Crippen LogP contribution in [0.5, 0.6) is 0 Å². The Balaban J connectivity index is 2.85. The Hall–Kier alpha value is -1.42. The second-order valence-corrected chi connectivity index (χ2v) is 5.59. The van der Waals surface area contributed by atoms with E-state index in [4.69, 9.17) is 5.73 Å². The first-order valence-electron chi connectivity index (χ1n) is 6.02. The van der Waals surface area contributed by atoms with Gasteiger partial charge in [-0.2, -0.15) is 0 Å². The van der Waals surface area contributed by atoms with E-state index in [-0.39, 0.29) is 23.2 Å². The molecule has 4 heteroatoms.